The molecule has 2 saturated carbocycles. The molecule has 1 heterocycles. The number of aryl methyl sites for hydroxylation is 1. The van der Waals surface area contributed by atoms with Gasteiger partial charge in [0.1, 0.15) is 17.2 Å². The van der Waals surface area contributed by atoms with Gasteiger partial charge in [0.05, 0.1) is 22.4 Å². The van der Waals surface area contributed by atoms with Crippen LogP contribution in [0.3, 0.4) is 0 Å². The first-order valence-electron chi connectivity index (χ1n) is 13.9. The average Bonchev–Trinajstić information content (AvgIpc) is 3.61. The fraction of sp³-hybridized carbons (Fsp3) is 0.290. The number of hydrogen-bond acceptors (Lipinski definition) is 7. The standard InChI is InChI=1S/C31H24Br2Cl2N2O7S/c1-15-2-9-19(10-3-15)45(42,43)44-18-7-4-16(5-8-18)24(38)14-36(29(39)20-11-6-17(34)12-23(20)35)37-30(40)25-21-13-22(26(25)31(37)41)28(33)27(21)32/h2-12,21-22,25-28H,13-14H2,1H3/t21-,22-,25-,26+,27-,28+/m1/s1. The summed E-state index contributed by atoms with van der Waals surface area (Å²) in [5.74, 6) is -4.03. The Morgan fingerprint density at radius 2 is 1.49 bits per heavy atom. The first-order chi connectivity index (χ1) is 21.3. The average molecular weight is 799 g/mol. The van der Waals surface area contributed by atoms with Crippen molar-refractivity contribution in [3.05, 3.63) is 93.5 Å². The maximum Gasteiger partial charge on any atom is 0.339 e. The molecule has 0 aromatic heterocycles. The summed E-state index contributed by atoms with van der Waals surface area (Å²) in [7, 11) is -4.12. The quantitative estimate of drug-likeness (QED) is 0.117. The first kappa shape index (κ1) is 32.2. The number of carbonyl (C=O) groups excluding carboxylic acids is 4. The number of halogens is 4. The number of alkyl halides is 2. The van der Waals surface area contributed by atoms with Crippen LogP contribution < -0.4 is 4.18 Å². The minimum Gasteiger partial charge on any atom is -0.379 e. The van der Waals surface area contributed by atoms with Crippen molar-refractivity contribution in [2.75, 3.05) is 6.54 Å². The molecule has 2 aliphatic carbocycles. The summed E-state index contributed by atoms with van der Waals surface area (Å²) >= 11 is 19.7. The monoisotopic (exact) mass is 796 g/mol. The van der Waals surface area contributed by atoms with Gasteiger partial charge < -0.3 is 4.18 Å². The normalized spacial score (nSPS) is 25.4. The number of amides is 3. The molecule has 3 amide bonds. The van der Waals surface area contributed by atoms with Crippen molar-refractivity contribution in [2.45, 2.75) is 27.9 Å². The van der Waals surface area contributed by atoms with E-state index in [2.05, 4.69) is 31.9 Å². The zero-order chi connectivity index (χ0) is 32.4. The number of ketones is 1. The highest BCUT2D eigenvalue weighted by atomic mass is 79.9. The van der Waals surface area contributed by atoms with E-state index in [0.717, 1.165) is 15.6 Å². The van der Waals surface area contributed by atoms with Crippen LogP contribution >= 0.6 is 55.1 Å². The number of nitrogens with zero attached hydrogens (tertiary/aromatic N) is 2. The molecule has 45 heavy (non-hydrogen) atoms. The molecule has 0 N–H and O–H groups in total. The Morgan fingerprint density at radius 3 is 2.04 bits per heavy atom. The van der Waals surface area contributed by atoms with Crippen LogP contribution in [0.25, 0.3) is 0 Å². The highest BCUT2D eigenvalue weighted by Crippen LogP contribution is 2.60. The minimum absolute atomic E-state index is 0.0124. The molecule has 14 heteroatoms. The van der Waals surface area contributed by atoms with E-state index in [1.54, 1.807) is 12.1 Å². The second kappa shape index (κ2) is 12.1. The van der Waals surface area contributed by atoms with Crippen molar-refractivity contribution in [3.63, 3.8) is 0 Å². The Bertz CT molecular complexity index is 1810. The Labute approximate surface area is 286 Å². The van der Waals surface area contributed by atoms with E-state index in [1.807, 2.05) is 6.92 Å². The van der Waals surface area contributed by atoms with Crippen LogP contribution in [0.4, 0.5) is 0 Å². The summed E-state index contributed by atoms with van der Waals surface area (Å²) in [6.45, 7) is 1.16. The zero-order valence-electron chi connectivity index (χ0n) is 23.4. The Kier molecular flexibility index (Phi) is 8.66. The largest absolute Gasteiger partial charge is 0.379 e. The summed E-state index contributed by atoms with van der Waals surface area (Å²) in [6.07, 6.45) is 0.691. The number of benzene rings is 3. The molecule has 3 aromatic rings. The summed E-state index contributed by atoms with van der Waals surface area (Å²) in [4.78, 5) is 55.1. The second-order valence-corrected chi connectivity index (χ2v) is 15.8. The van der Waals surface area contributed by atoms with Gasteiger partial charge in [0, 0.05) is 20.2 Å². The van der Waals surface area contributed by atoms with Gasteiger partial charge in [0.25, 0.3) is 17.7 Å². The summed E-state index contributed by atoms with van der Waals surface area (Å²) < 4.78 is 30.6. The smallest absolute Gasteiger partial charge is 0.339 e. The van der Waals surface area contributed by atoms with Crippen LogP contribution in [-0.2, 0) is 19.7 Å². The summed E-state index contributed by atoms with van der Waals surface area (Å²) in [5, 5.41) is 1.91. The van der Waals surface area contributed by atoms with E-state index in [9.17, 15) is 27.6 Å². The van der Waals surface area contributed by atoms with Crippen LogP contribution in [0.5, 0.6) is 5.75 Å². The molecule has 6 atom stereocenters. The van der Waals surface area contributed by atoms with Gasteiger partial charge >= 0.3 is 10.1 Å². The predicted octanol–water partition coefficient (Wildman–Crippen LogP) is 6.09. The fourth-order valence-electron chi connectivity index (χ4n) is 6.41. The van der Waals surface area contributed by atoms with E-state index < -0.39 is 52.0 Å². The van der Waals surface area contributed by atoms with E-state index in [0.29, 0.717) is 6.42 Å². The number of carbonyl (C=O) groups is 4. The van der Waals surface area contributed by atoms with Crippen molar-refractivity contribution in [1.29, 1.82) is 0 Å². The lowest BCUT2D eigenvalue weighted by Crippen LogP contribution is -2.52. The van der Waals surface area contributed by atoms with Crippen molar-refractivity contribution in [2.24, 2.45) is 23.7 Å². The van der Waals surface area contributed by atoms with E-state index in [-0.39, 0.29) is 53.3 Å². The third-order valence-electron chi connectivity index (χ3n) is 8.59. The molecule has 3 aromatic carbocycles. The molecule has 3 fully saturated rings. The lowest BCUT2D eigenvalue weighted by molar-refractivity contribution is -0.154. The second-order valence-electron chi connectivity index (χ2n) is 11.3. The Balaban J connectivity index is 1.27. The maximum absolute atomic E-state index is 13.9. The van der Waals surface area contributed by atoms with Gasteiger partial charge in [-0.15, -0.1) is 0 Å². The van der Waals surface area contributed by atoms with E-state index >= 15 is 0 Å². The molecule has 3 aliphatic rings. The number of hydrogen-bond donors (Lipinski definition) is 0. The minimum atomic E-state index is -4.12. The van der Waals surface area contributed by atoms with Gasteiger partial charge in [-0.3, -0.25) is 19.2 Å². The number of rotatable bonds is 8. The van der Waals surface area contributed by atoms with Crippen LogP contribution in [0.2, 0.25) is 10.0 Å². The molecule has 0 spiro atoms. The molecule has 0 radical (unpaired) electrons. The summed E-state index contributed by atoms with van der Waals surface area (Å²) in [6, 6.07) is 15.6. The molecule has 6 rings (SSSR count). The summed E-state index contributed by atoms with van der Waals surface area (Å²) in [5.41, 5.74) is 0.932. The fourth-order valence-corrected chi connectivity index (χ4v) is 9.70. The van der Waals surface area contributed by atoms with E-state index in [4.69, 9.17) is 27.4 Å². The van der Waals surface area contributed by atoms with E-state index in [1.165, 1.54) is 54.6 Å². The van der Waals surface area contributed by atoms with Crippen LogP contribution in [0, 0.1) is 30.6 Å². The molecule has 0 unspecified atom stereocenters. The van der Waals surface area contributed by atoms with Crippen LogP contribution in [0.15, 0.2) is 71.6 Å². The third kappa shape index (κ3) is 5.73. The lowest BCUT2D eigenvalue weighted by atomic mass is 9.81. The highest BCUT2D eigenvalue weighted by Gasteiger charge is 2.67. The topological polar surface area (TPSA) is 118 Å². The van der Waals surface area contributed by atoms with Gasteiger partial charge in [0.15, 0.2) is 5.78 Å². The Hall–Kier alpha value is -2.77. The van der Waals surface area contributed by atoms with Crippen LogP contribution in [-0.4, -0.2) is 58.1 Å². The number of Topliss-reactive ketones (excluding diaryl/α,β-unsaturated/α-hetero) is 1. The molecule has 1 aliphatic heterocycles. The Morgan fingerprint density at radius 1 is 0.911 bits per heavy atom. The lowest BCUT2D eigenvalue weighted by Gasteiger charge is -2.31. The van der Waals surface area contributed by atoms with Gasteiger partial charge in [-0.1, -0.05) is 72.8 Å². The molecule has 9 nitrogen and oxygen atoms in total. The number of fused-ring (bicyclic) bond motifs is 5. The molecular weight excluding hydrogens is 775 g/mol. The van der Waals surface area contributed by atoms with Gasteiger partial charge in [-0.05, 0) is 79.8 Å². The third-order valence-corrected chi connectivity index (χ3v) is 13.6. The number of hydrazine groups is 1. The first-order valence-corrected chi connectivity index (χ1v) is 17.8. The molecule has 1 saturated heterocycles. The van der Waals surface area contributed by atoms with Crippen molar-refractivity contribution >= 4 is 88.7 Å². The maximum atomic E-state index is 13.9. The van der Waals surface area contributed by atoms with Crippen molar-refractivity contribution < 1.29 is 31.8 Å². The molecule has 234 valence electrons. The van der Waals surface area contributed by atoms with Gasteiger partial charge in [-0.25, -0.2) is 5.01 Å². The molecular formula is C31H24Br2Cl2N2O7S. The highest BCUT2D eigenvalue weighted by molar-refractivity contribution is 9.12. The van der Waals surface area contributed by atoms with Gasteiger partial charge in [0.2, 0.25) is 0 Å². The SMILES string of the molecule is Cc1ccc(S(=O)(=O)Oc2ccc(C(=O)CN(C(=O)c3ccc(Cl)cc3Cl)N3C(=O)[C@@H]4[C@H]5C[C@@H]([C@H](Br)[C@@H]5Br)[C@@H]4C3=O)cc2)cc1. The van der Waals surface area contributed by atoms with Crippen LogP contribution in [0.1, 0.15) is 32.7 Å². The predicted molar refractivity (Wildman–Crippen MR) is 173 cm³/mol. The number of imide groups is 1. The zero-order valence-corrected chi connectivity index (χ0v) is 28.9. The van der Waals surface area contributed by atoms with Crippen molar-refractivity contribution in [3.8, 4) is 5.75 Å². The molecule has 2 bridgehead atoms. The van der Waals surface area contributed by atoms with Gasteiger partial charge in [-0.2, -0.15) is 13.4 Å². The van der Waals surface area contributed by atoms with Crippen molar-refractivity contribution in [1.82, 2.24) is 10.0 Å².